The number of phenols is 2. The van der Waals surface area contributed by atoms with Gasteiger partial charge in [0, 0.05) is 24.0 Å². The molecule has 3 N–H and O–H groups in total. The van der Waals surface area contributed by atoms with E-state index in [2.05, 4.69) is 15.5 Å². The van der Waals surface area contributed by atoms with E-state index >= 15 is 0 Å². The van der Waals surface area contributed by atoms with Crippen LogP contribution in [-0.4, -0.2) is 27.3 Å². The van der Waals surface area contributed by atoms with E-state index in [0.717, 1.165) is 0 Å². The van der Waals surface area contributed by atoms with Crippen LogP contribution in [0.1, 0.15) is 15.9 Å². The second-order valence-electron chi connectivity index (χ2n) is 3.68. The molecule has 0 aliphatic heterocycles. The summed E-state index contributed by atoms with van der Waals surface area (Å²) in [6, 6.07) is 7.32. The normalized spacial score (nSPS) is 10.5. The summed E-state index contributed by atoms with van der Waals surface area (Å²) in [5.74, 6) is -0.573. The summed E-state index contributed by atoms with van der Waals surface area (Å²) >= 11 is 0. The molecule has 0 saturated heterocycles. The van der Waals surface area contributed by atoms with Gasteiger partial charge in [-0.15, -0.1) is 0 Å². The molecule has 0 bridgehead atoms. The standard InChI is InChI=1S/C13H11N3O3/c17-11-4-3-9(12(18)6-11)8-15-16-13(19)10-2-1-5-14-7-10/h1-8,17-18H,(H,16,19)/b15-8-. The summed E-state index contributed by atoms with van der Waals surface area (Å²) in [5, 5.41) is 22.3. The number of phenolic OH excluding ortho intramolecular Hbond substituents is 2. The predicted molar refractivity (Wildman–Crippen MR) is 69.1 cm³/mol. The van der Waals surface area contributed by atoms with Gasteiger partial charge in [-0.2, -0.15) is 5.10 Å². The fraction of sp³-hybridized carbons (Fsp3) is 0. The summed E-state index contributed by atoms with van der Waals surface area (Å²) < 4.78 is 0. The average Bonchev–Trinajstić information content (AvgIpc) is 2.42. The molecule has 19 heavy (non-hydrogen) atoms. The van der Waals surface area contributed by atoms with Crippen LogP contribution in [-0.2, 0) is 0 Å². The highest BCUT2D eigenvalue weighted by Gasteiger charge is 2.03. The molecule has 0 spiro atoms. The lowest BCUT2D eigenvalue weighted by Crippen LogP contribution is -2.17. The zero-order valence-electron chi connectivity index (χ0n) is 9.82. The van der Waals surface area contributed by atoms with E-state index < -0.39 is 5.91 Å². The number of rotatable bonds is 3. The van der Waals surface area contributed by atoms with Crippen LogP contribution >= 0.6 is 0 Å². The van der Waals surface area contributed by atoms with Crippen molar-refractivity contribution in [3.05, 3.63) is 53.9 Å². The van der Waals surface area contributed by atoms with E-state index in [1.165, 1.54) is 30.6 Å². The number of hydrazone groups is 1. The second kappa shape index (κ2) is 5.63. The Hall–Kier alpha value is -2.89. The lowest BCUT2D eigenvalue weighted by atomic mass is 10.2. The maximum atomic E-state index is 11.6. The monoisotopic (exact) mass is 257 g/mol. The van der Waals surface area contributed by atoms with Gasteiger partial charge in [-0.25, -0.2) is 5.43 Å². The van der Waals surface area contributed by atoms with Crippen LogP contribution in [0, 0.1) is 0 Å². The molecule has 1 amide bonds. The molecule has 0 aliphatic rings. The smallest absolute Gasteiger partial charge is 0.272 e. The van der Waals surface area contributed by atoms with Crippen LogP contribution in [0.4, 0.5) is 0 Å². The molecule has 1 aromatic carbocycles. The van der Waals surface area contributed by atoms with E-state index in [0.29, 0.717) is 11.1 Å². The van der Waals surface area contributed by atoms with E-state index in [1.807, 2.05) is 0 Å². The SMILES string of the molecule is O=C(N/N=C\c1ccc(O)cc1O)c1cccnc1. The summed E-state index contributed by atoms with van der Waals surface area (Å²) in [7, 11) is 0. The van der Waals surface area contributed by atoms with Crippen LogP contribution in [0.3, 0.4) is 0 Å². The molecule has 0 unspecified atom stereocenters. The number of hydrogen-bond acceptors (Lipinski definition) is 5. The minimum Gasteiger partial charge on any atom is -0.508 e. The Kier molecular flexibility index (Phi) is 3.72. The van der Waals surface area contributed by atoms with Crippen molar-refractivity contribution >= 4 is 12.1 Å². The number of nitrogens with zero attached hydrogens (tertiary/aromatic N) is 2. The predicted octanol–water partition coefficient (Wildman–Crippen LogP) is 1.26. The first-order valence-electron chi connectivity index (χ1n) is 5.42. The van der Waals surface area contributed by atoms with Gasteiger partial charge in [0.1, 0.15) is 11.5 Å². The molecule has 0 aliphatic carbocycles. The van der Waals surface area contributed by atoms with Crippen molar-refractivity contribution in [1.29, 1.82) is 0 Å². The highest BCUT2D eigenvalue weighted by atomic mass is 16.3. The Morgan fingerprint density at radius 2 is 2.16 bits per heavy atom. The first kappa shape index (κ1) is 12.6. The Morgan fingerprint density at radius 3 is 2.84 bits per heavy atom. The maximum absolute atomic E-state index is 11.6. The van der Waals surface area contributed by atoms with Crippen LogP contribution in [0.25, 0.3) is 0 Å². The van der Waals surface area contributed by atoms with Gasteiger partial charge in [0.2, 0.25) is 0 Å². The van der Waals surface area contributed by atoms with Gasteiger partial charge >= 0.3 is 0 Å². The molecule has 0 atom stereocenters. The zero-order valence-corrected chi connectivity index (χ0v) is 9.82. The van der Waals surface area contributed by atoms with Crippen molar-refractivity contribution in [3.8, 4) is 11.5 Å². The summed E-state index contributed by atoms with van der Waals surface area (Å²) in [4.78, 5) is 15.4. The molecule has 2 rings (SSSR count). The molecular formula is C13H11N3O3. The average molecular weight is 257 g/mol. The molecule has 6 heteroatoms. The highest BCUT2D eigenvalue weighted by Crippen LogP contribution is 2.20. The third-order valence-electron chi connectivity index (χ3n) is 2.31. The lowest BCUT2D eigenvalue weighted by Gasteiger charge is -2.00. The Morgan fingerprint density at radius 1 is 1.32 bits per heavy atom. The minimum absolute atomic E-state index is 0.0472. The number of carbonyl (C=O) groups excluding carboxylic acids is 1. The van der Waals surface area contributed by atoms with Crippen molar-refractivity contribution in [2.24, 2.45) is 5.10 Å². The largest absolute Gasteiger partial charge is 0.508 e. The van der Waals surface area contributed by atoms with Gasteiger partial charge in [0.15, 0.2) is 0 Å². The lowest BCUT2D eigenvalue weighted by molar-refractivity contribution is 0.0954. The summed E-state index contributed by atoms with van der Waals surface area (Å²) in [6.45, 7) is 0. The van der Waals surface area contributed by atoms with Crippen LogP contribution in [0.5, 0.6) is 11.5 Å². The van der Waals surface area contributed by atoms with E-state index in [-0.39, 0.29) is 11.5 Å². The van der Waals surface area contributed by atoms with Gasteiger partial charge in [-0.05, 0) is 24.3 Å². The topological polar surface area (TPSA) is 94.8 Å². The van der Waals surface area contributed by atoms with Crippen molar-refractivity contribution in [2.45, 2.75) is 0 Å². The van der Waals surface area contributed by atoms with E-state index in [9.17, 15) is 9.90 Å². The van der Waals surface area contributed by atoms with Crippen LogP contribution in [0.15, 0.2) is 47.8 Å². The zero-order chi connectivity index (χ0) is 13.7. The number of benzene rings is 1. The number of nitrogens with one attached hydrogen (secondary N) is 1. The minimum atomic E-state index is -0.400. The molecule has 0 radical (unpaired) electrons. The van der Waals surface area contributed by atoms with E-state index in [1.54, 1.807) is 18.3 Å². The quantitative estimate of drug-likeness (QED) is 0.569. The van der Waals surface area contributed by atoms with E-state index in [4.69, 9.17) is 5.11 Å². The molecule has 6 nitrogen and oxygen atoms in total. The van der Waals surface area contributed by atoms with Gasteiger partial charge in [0.25, 0.3) is 5.91 Å². The number of carbonyl (C=O) groups is 1. The molecule has 96 valence electrons. The number of hydrogen-bond donors (Lipinski definition) is 3. The maximum Gasteiger partial charge on any atom is 0.272 e. The van der Waals surface area contributed by atoms with Gasteiger partial charge in [0.05, 0.1) is 11.8 Å². The third-order valence-corrected chi connectivity index (χ3v) is 2.31. The van der Waals surface area contributed by atoms with Crippen molar-refractivity contribution in [2.75, 3.05) is 0 Å². The van der Waals surface area contributed by atoms with Gasteiger partial charge in [-0.3, -0.25) is 9.78 Å². The molecule has 1 heterocycles. The van der Waals surface area contributed by atoms with Gasteiger partial charge in [-0.1, -0.05) is 0 Å². The first-order valence-corrected chi connectivity index (χ1v) is 5.42. The number of aromatic hydroxyl groups is 2. The molecule has 1 aromatic heterocycles. The Balaban J connectivity index is 2.02. The summed E-state index contributed by atoms with van der Waals surface area (Å²) in [6.07, 6.45) is 4.26. The fourth-order valence-corrected chi connectivity index (χ4v) is 1.36. The fourth-order valence-electron chi connectivity index (χ4n) is 1.36. The Labute approximate surface area is 109 Å². The van der Waals surface area contributed by atoms with Crippen molar-refractivity contribution in [3.63, 3.8) is 0 Å². The molecule has 0 fully saturated rings. The van der Waals surface area contributed by atoms with Crippen LogP contribution in [0.2, 0.25) is 0 Å². The Bertz CT molecular complexity index is 612. The van der Waals surface area contributed by atoms with Crippen molar-refractivity contribution < 1.29 is 15.0 Å². The molecular weight excluding hydrogens is 246 g/mol. The van der Waals surface area contributed by atoms with Crippen LogP contribution < -0.4 is 5.43 Å². The molecule has 2 aromatic rings. The highest BCUT2D eigenvalue weighted by molar-refractivity contribution is 5.94. The number of amides is 1. The second-order valence-corrected chi connectivity index (χ2v) is 3.68. The first-order chi connectivity index (χ1) is 9.16. The third kappa shape index (κ3) is 3.29. The molecule has 0 saturated carbocycles. The van der Waals surface area contributed by atoms with Crippen molar-refractivity contribution in [1.82, 2.24) is 10.4 Å². The van der Waals surface area contributed by atoms with Gasteiger partial charge < -0.3 is 10.2 Å². The number of aromatic nitrogens is 1. The number of pyridine rings is 1. The summed E-state index contributed by atoms with van der Waals surface area (Å²) in [5.41, 5.74) is 3.07.